The van der Waals surface area contributed by atoms with Crippen molar-refractivity contribution < 1.29 is 8.78 Å². The predicted molar refractivity (Wildman–Crippen MR) is 17.4 cm³/mol. The zero-order valence-electron chi connectivity index (χ0n) is 2.32. The topological polar surface area (TPSA) is 0 Å². The molecule has 1 fully saturated rings. The smallest absolute Gasteiger partial charge is 0.189 e. The maximum absolute atomic E-state index is 11.1. The summed E-state index contributed by atoms with van der Waals surface area (Å²) in [6, 6.07) is 0. The summed E-state index contributed by atoms with van der Waals surface area (Å²) >= 11 is 0.713. The van der Waals surface area contributed by atoms with Crippen LogP contribution in [0.2, 0.25) is 0 Å². The number of hydrogen-bond acceptors (Lipinski definition) is 1. The number of halogens is 2. The fraction of sp³-hybridized carbons (Fsp3) is 1.00. The van der Waals surface area contributed by atoms with Gasteiger partial charge in [0.1, 0.15) is 0 Å². The second kappa shape index (κ2) is 0.834. The highest BCUT2D eigenvalue weighted by molar-refractivity contribution is 8.07. The van der Waals surface area contributed by atoms with Crippen LogP contribution in [0.4, 0.5) is 8.78 Å². The third-order valence-corrected chi connectivity index (χ3v) is 1.07. The molecule has 0 unspecified atom stereocenters. The van der Waals surface area contributed by atoms with Crippen LogP contribution in [0.5, 0.6) is 0 Å². The van der Waals surface area contributed by atoms with Crippen molar-refractivity contribution in [3.63, 3.8) is 0 Å². The normalized spacial score (nSPS) is 49.2. The molecule has 30 valence electrons. The van der Waals surface area contributed by atoms with Gasteiger partial charge in [0.2, 0.25) is 0 Å². The molecule has 0 aromatic rings. The molecule has 0 amide bonds. The molecule has 0 aromatic heterocycles. The summed E-state index contributed by atoms with van der Waals surface area (Å²) in [4.78, 5) is 0. The standard InChI is InChI=1S/C2H2F2S/c3-1-2(4)5-1/h1-2H/t1-,2-/m0/s1. The molecule has 0 saturated carbocycles. The van der Waals surface area contributed by atoms with Crippen LogP contribution in [0, 0.1) is 0 Å². The molecule has 0 nitrogen and oxygen atoms in total. The van der Waals surface area contributed by atoms with E-state index in [1.54, 1.807) is 0 Å². The van der Waals surface area contributed by atoms with E-state index < -0.39 is 11.0 Å². The predicted octanol–water partition coefficient (Wildman–Crippen LogP) is 1.32. The van der Waals surface area contributed by atoms with Gasteiger partial charge in [-0.1, -0.05) is 11.8 Å². The minimum absolute atomic E-state index is 0.713. The highest BCUT2D eigenvalue weighted by Crippen LogP contribution is 2.42. The second-order valence-electron chi connectivity index (χ2n) is 0.838. The third kappa shape index (κ3) is 0.533. The Kier molecular flexibility index (Phi) is 0.568. The van der Waals surface area contributed by atoms with Crippen molar-refractivity contribution in [2.24, 2.45) is 0 Å². The van der Waals surface area contributed by atoms with E-state index in [4.69, 9.17) is 0 Å². The fourth-order valence-electron chi connectivity index (χ4n) is 0.0788. The largest absolute Gasteiger partial charge is 0.231 e. The number of rotatable bonds is 0. The van der Waals surface area contributed by atoms with Gasteiger partial charge < -0.3 is 0 Å². The van der Waals surface area contributed by atoms with Crippen LogP contribution in [0.3, 0.4) is 0 Å². The van der Waals surface area contributed by atoms with E-state index in [-0.39, 0.29) is 0 Å². The van der Waals surface area contributed by atoms with Crippen molar-refractivity contribution in [3.8, 4) is 0 Å². The molecule has 0 bridgehead atoms. The van der Waals surface area contributed by atoms with E-state index in [1.165, 1.54) is 0 Å². The summed E-state index contributed by atoms with van der Waals surface area (Å²) in [6.07, 6.45) is 0. The summed E-state index contributed by atoms with van der Waals surface area (Å²) in [6.45, 7) is 0. The third-order valence-electron chi connectivity index (χ3n) is 0.389. The highest BCUT2D eigenvalue weighted by atomic mass is 32.2. The summed E-state index contributed by atoms with van der Waals surface area (Å²) in [5.74, 6) is 0. The summed E-state index contributed by atoms with van der Waals surface area (Å²) in [5.41, 5.74) is -2.40. The maximum Gasteiger partial charge on any atom is 0.189 e. The van der Waals surface area contributed by atoms with E-state index in [0.717, 1.165) is 0 Å². The minimum atomic E-state index is -1.20. The Morgan fingerprint density at radius 2 is 1.40 bits per heavy atom. The van der Waals surface area contributed by atoms with Gasteiger partial charge >= 0.3 is 0 Å². The zero-order valence-corrected chi connectivity index (χ0v) is 3.14. The lowest BCUT2D eigenvalue weighted by molar-refractivity contribution is 0.372. The first kappa shape index (κ1) is 3.40. The average Bonchev–Trinajstić information content (AvgIpc) is 1.79. The Balaban J connectivity index is 2.20. The SMILES string of the molecule is F[C@H]1S[C@@H]1F. The molecule has 1 heterocycles. The molecule has 3 heteroatoms. The van der Waals surface area contributed by atoms with Crippen molar-refractivity contribution in [3.05, 3.63) is 0 Å². The van der Waals surface area contributed by atoms with Crippen molar-refractivity contribution in [1.82, 2.24) is 0 Å². The molecule has 0 radical (unpaired) electrons. The first-order chi connectivity index (χ1) is 2.30. The number of hydrogen-bond donors (Lipinski definition) is 0. The molecule has 0 spiro atoms. The summed E-state index contributed by atoms with van der Waals surface area (Å²) < 4.78 is 22.2. The Labute approximate surface area is 32.6 Å². The van der Waals surface area contributed by atoms with Crippen LogP contribution in [-0.4, -0.2) is 11.0 Å². The Morgan fingerprint density at radius 3 is 1.40 bits per heavy atom. The molecule has 1 aliphatic rings. The van der Waals surface area contributed by atoms with Gasteiger partial charge in [-0.05, 0) is 0 Å². The van der Waals surface area contributed by atoms with Crippen molar-refractivity contribution in [2.75, 3.05) is 0 Å². The lowest BCUT2D eigenvalue weighted by atomic mass is 10.9. The molecule has 1 aliphatic heterocycles. The summed E-state index contributed by atoms with van der Waals surface area (Å²) in [7, 11) is 0. The van der Waals surface area contributed by atoms with Crippen LogP contribution < -0.4 is 0 Å². The number of thioether (sulfide) groups is 1. The van der Waals surface area contributed by atoms with Gasteiger partial charge in [0.25, 0.3) is 0 Å². The molecule has 0 aromatic carbocycles. The maximum atomic E-state index is 11.1. The molecule has 1 rings (SSSR count). The highest BCUT2D eigenvalue weighted by Gasteiger charge is 2.38. The fourth-order valence-corrected chi connectivity index (χ4v) is 0.236. The lowest BCUT2D eigenvalue weighted by Gasteiger charge is -1.56. The van der Waals surface area contributed by atoms with Gasteiger partial charge in [0.15, 0.2) is 11.0 Å². The van der Waals surface area contributed by atoms with E-state index in [0.29, 0.717) is 11.8 Å². The van der Waals surface area contributed by atoms with Gasteiger partial charge in [-0.15, -0.1) is 0 Å². The Bertz CT molecular complexity index is 40.9. The van der Waals surface area contributed by atoms with Gasteiger partial charge in [-0.3, -0.25) is 0 Å². The monoisotopic (exact) mass is 96.0 g/mol. The molecule has 5 heavy (non-hydrogen) atoms. The molecular weight excluding hydrogens is 94.1 g/mol. The van der Waals surface area contributed by atoms with Crippen molar-refractivity contribution in [1.29, 1.82) is 0 Å². The first-order valence-electron chi connectivity index (χ1n) is 1.24. The Hall–Kier alpha value is 0.210. The minimum Gasteiger partial charge on any atom is -0.231 e. The van der Waals surface area contributed by atoms with Crippen LogP contribution in [0.1, 0.15) is 0 Å². The van der Waals surface area contributed by atoms with Crippen LogP contribution >= 0.6 is 11.8 Å². The van der Waals surface area contributed by atoms with Gasteiger partial charge in [-0.25, -0.2) is 8.78 Å². The molecule has 0 aliphatic carbocycles. The first-order valence-corrected chi connectivity index (χ1v) is 2.18. The average molecular weight is 96.1 g/mol. The van der Waals surface area contributed by atoms with Gasteiger partial charge in [0.05, 0.1) is 0 Å². The van der Waals surface area contributed by atoms with Gasteiger partial charge in [-0.2, -0.15) is 0 Å². The van der Waals surface area contributed by atoms with E-state index in [9.17, 15) is 8.78 Å². The Morgan fingerprint density at radius 1 is 1.20 bits per heavy atom. The van der Waals surface area contributed by atoms with Crippen LogP contribution in [0.15, 0.2) is 0 Å². The summed E-state index contributed by atoms with van der Waals surface area (Å²) in [5, 5.41) is 0. The van der Waals surface area contributed by atoms with Crippen molar-refractivity contribution in [2.45, 2.75) is 11.0 Å². The lowest BCUT2D eigenvalue weighted by Crippen LogP contribution is -1.68. The number of alkyl halides is 2. The van der Waals surface area contributed by atoms with Gasteiger partial charge in [0, 0.05) is 0 Å². The van der Waals surface area contributed by atoms with Crippen LogP contribution in [0.25, 0.3) is 0 Å². The molecular formula is C2H2F2S. The van der Waals surface area contributed by atoms with Crippen molar-refractivity contribution >= 4 is 11.8 Å². The molecule has 0 N–H and O–H groups in total. The quantitative estimate of drug-likeness (QED) is 0.410. The zero-order chi connectivity index (χ0) is 3.86. The van der Waals surface area contributed by atoms with Crippen LogP contribution in [-0.2, 0) is 0 Å². The molecule has 1 saturated heterocycles. The molecule has 2 atom stereocenters. The second-order valence-corrected chi connectivity index (χ2v) is 2.01. The van der Waals surface area contributed by atoms with E-state index in [1.807, 2.05) is 0 Å². The van der Waals surface area contributed by atoms with E-state index >= 15 is 0 Å². The van der Waals surface area contributed by atoms with E-state index in [2.05, 4.69) is 0 Å².